The zero-order chi connectivity index (χ0) is 9.97. The van der Waals surface area contributed by atoms with Crippen LogP contribution < -0.4 is 10.5 Å². The first-order valence-corrected chi connectivity index (χ1v) is 5.40. The van der Waals surface area contributed by atoms with Crippen LogP contribution in [0.1, 0.15) is 13.3 Å². The van der Waals surface area contributed by atoms with Crippen molar-refractivity contribution >= 4 is 39.1 Å². The van der Waals surface area contributed by atoms with Crippen LogP contribution in [0.5, 0.6) is 5.75 Å². The minimum atomic E-state index is 0. The van der Waals surface area contributed by atoms with E-state index in [1.807, 2.05) is 18.2 Å². The summed E-state index contributed by atoms with van der Waals surface area (Å²) in [6.07, 6.45) is 1.02. The molecule has 0 atom stereocenters. The molecule has 0 aliphatic rings. The van der Waals surface area contributed by atoms with Crippen LogP contribution in [0, 0.1) is 0 Å². The molecule has 15 heavy (non-hydrogen) atoms. The minimum absolute atomic E-state index is 0. The van der Waals surface area contributed by atoms with Crippen molar-refractivity contribution in [3.8, 4) is 5.75 Å². The quantitative estimate of drug-likeness (QED) is 0.903. The Balaban J connectivity index is 0.00000112. The number of aromatic nitrogens is 1. The van der Waals surface area contributed by atoms with Crippen molar-refractivity contribution in [3.63, 3.8) is 0 Å². The molecule has 0 unspecified atom stereocenters. The number of hydrogen-bond acceptors (Lipinski definition) is 4. The van der Waals surface area contributed by atoms with E-state index in [4.69, 9.17) is 10.5 Å². The van der Waals surface area contributed by atoms with E-state index in [1.165, 1.54) is 11.3 Å². The Hall–Kier alpha value is -1.00. The molecule has 0 spiro atoms. The third kappa shape index (κ3) is 2.73. The van der Waals surface area contributed by atoms with Crippen molar-refractivity contribution in [1.29, 1.82) is 0 Å². The molecule has 3 nitrogen and oxygen atoms in total. The average molecular weight is 245 g/mol. The van der Waals surface area contributed by atoms with E-state index >= 15 is 0 Å². The van der Waals surface area contributed by atoms with Crippen LogP contribution in [0.15, 0.2) is 18.2 Å². The number of halogens is 1. The second-order valence-electron chi connectivity index (χ2n) is 3.03. The number of thiazole rings is 1. The smallest absolute Gasteiger partial charge is 0.181 e. The third-order valence-electron chi connectivity index (χ3n) is 1.85. The van der Waals surface area contributed by atoms with E-state index in [0.717, 1.165) is 29.0 Å². The van der Waals surface area contributed by atoms with Crippen molar-refractivity contribution < 1.29 is 4.74 Å². The number of ether oxygens (including phenoxy) is 1. The Morgan fingerprint density at radius 1 is 1.47 bits per heavy atom. The molecule has 1 aromatic heterocycles. The summed E-state index contributed by atoms with van der Waals surface area (Å²) < 4.78 is 6.59. The maximum absolute atomic E-state index is 5.61. The van der Waals surface area contributed by atoms with Crippen LogP contribution in [0.25, 0.3) is 10.2 Å². The third-order valence-corrected chi connectivity index (χ3v) is 2.70. The summed E-state index contributed by atoms with van der Waals surface area (Å²) in [5.74, 6) is 0.892. The van der Waals surface area contributed by atoms with Gasteiger partial charge in [0.25, 0.3) is 0 Å². The first kappa shape index (κ1) is 12.1. The average Bonchev–Trinajstić information content (AvgIpc) is 2.54. The highest BCUT2D eigenvalue weighted by Crippen LogP contribution is 2.27. The Morgan fingerprint density at radius 2 is 2.27 bits per heavy atom. The second kappa shape index (κ2) is 5.19. The summed E-state index contributed by atoms with van der Waals surface area (Å²) in [7, 11) is 0. The summed E-state index contributed by atoms with van der Waals surface area (Å²) in [4.78, 5) is 4.18. The van der Waals surface area contributed by atoms with Gasteiger partial charge in [0, 0.05) is 0 Å². The van der Waals surface area contributed by atoms with Gasteiger partial charge in [-0.1, -0.05) is 18.3 Å². The van der Waals surface area contributed by atoms with Gasteiger partial charge in [0.15, 0.2) is 5.13 Å². The zero-order valence-electron chi connectivity index (χ0n) is 8.40. The van der Waals surface area contributed by atoms with Crippen LogP contribution in [0.2, 0.25) is 0 Å². The van der Waals surface area contributed by atoms with Crippen LogP contribution in [-0.4, -0.2) is 11.6 Å². The lowest BCUT2D eigenvalue weighted by molar-refractivity contribution is 0.318. The first-order valence-electron chi connectivity index (χ1n) is 4.58. The number of hydrogen-bond donors (Lipinski definition) is 1. The highest BCUT2D eigenvalue weighted by molar-refractivity contribution is 7.22. The van der Waals surface area contributed by atoms with Crippen LogP contribution in [0.4, 0.5) is 5.13 Å². The zero-order valence-corrected chi connectivity index (χ0v) is 10.0. The van der Waals surface area contributed by atoms with Gasteiger partial charge in [0.05, 0.1) is 16.8 Å². The normalized spacial score (nSPS) is 9.93. The fraction of sp³-hybridized carbons (Fsp3) is 0.300. The number of nitrogens with two attached hydrogens (primary N) is 1. The van der Waals surface area contributed by atoms with Gasteiger partial charge in [-0.05, 0) is 24.6 Å². The largest absolute Gasteiger partial charge is 0.494 e. The molecule has 0 aliphatic carbocycles. The monoisotopic (exact) mass is 244 g/mol. The van der Waals surface area contributed by atoms with Crippen LogP contribution >= 0.6 is 23.7 Å². The summed E-state index contributed by atoms with van der Waals surface area (Å²) in [6.45, 7) is 2.84. The van der Waals surface area contributed by atoms with Gasteiger partial charge in [-0.2, -0.15) is 0 Å². The Kier molecular flexibility index (Phi) is 4.17. The number of rotatable bonds is 3. The Labute approximate surface area is 98.7 Å². The summed E-state index contributed by atoms with van der Waals surface area (Å²) in [5, 5.41) is 0.604. The highest BCUT2D eigenvalue weighted by atomic mass is 35.5. The van der Waals surface area contributed by atoms with Gasteiger partial charge in [-0.15, -0.1) is 12.4 Å². The molecule has 0 amide bonds. The van der Waals surface area contributed by atoms with Crippen LogP contribution in [-0.2, 0) is 0 Å². The molecule has 0 radical (unpaired) electrons. The topological polar surface area (TPSA) is 48.1 Å². The predicted octanol–water partition coefficient (Wildman–Crippen LogP) is 3.09. The molecule has 1 aromatic carbocycles. The lowest BCUT2D eigenvalue weighted by Gasteiger charge is -2.02. The minimum Gasteiger partial charge on any atom is -0.494 e. The van der Waals surface area contributed by atoms with Gasteiger partial charge in [0.1, 0.15) is 5.75 Å². The van der Waals surface area contributed by atoms with Crippen molar-refractivity contribution in [3.05, 3.63) is 18.2 Å². The Bertz CT molecular complexity index is 444. The van der Waals surface area contributed by atoms with E-state index in [2.05, 4.69) is 11.9 Å². The van der Waals surface area contributed by atoms with E-state index in [1.54, 1.807) is 0 Å². The molecule has 0 saturated carbocycles. The number of anilines is 1. The van der Waals surface area contributed by atoms with Crippen molar-refractivity contribution in [2.75, 3.05) is 12.3 Å². The molecule has 2 rings (SSSR count). The standard InChI is InChI=1S/C10H12N2OS.ClH/c1-2-5-13-7-3-4-8-9(6-7)14-10(11)12-8;/h3-4,6H,2,5H2,1H3,(H2,11,12);1H. The summed E-state index contributed by atoms with van der Waals surface area (Å²) >= 11 is 1.49. The molecule has 0 aliphatic heterocycles. The fourth-order valence-electron chi connectivity index (χ4n) is 1.23. The molecule has 1 heterocycles. The number of nitrogens with zero attached hydrogens (tertiary/aromatic N) is 1. The van der Waals surface area contributed by atoms with Gasteiger partial charge in [0.2, 0.25) is 0 Å². The summed E-state index contributed by atoms with van der Waals surface area (Å²) in [5.41, 5.74) is 6.55. The van der Waals surface area contributed by atoms with Crippen molar-refractivity contribution in [2.45, 2.75) is 13.3 Å². The molecule has 82 valence electrons. The van der Waals surface area contributed by atoms with E-state index < -0.39 is 0 Å². The fourth-order valence-corrected chi connectivity index (χ4v) is 2.00. The molecular formula is C10H13ClN2OS. The SMILES string of the molecule is CCCOc1ccc2nc(N)sc2c1.Cl. The van der Waals surface area contributed by atoms with Gasteiger partial charge < -0.3 is 10.5 Å². The molecule has 5 heteroatoms. The van der Waals surface area contributed by atoms with Crippen molar-refractivity contribution in [1.82, 2.24) is 4.98 Å². The molecular weight excluding hydrogens is 232 g/mol. The second-order valence-corrected chi connectivity index (χ2v) is 4.09. The molecule has 0 saturated heterocycles. The van der Waals surface area contributed by atoms with Crippen LogP contribution in [0.3, 0.4) is 0 Å². The van der Waals surface area contributed by atoms with Crippen molar-refractivity contribution in [2.24, 2.45) is 0 Å². The van der Waals surface area contributed by atoms with Gasteiger partial charge >= 0.3 is 0 Å². The van der Waals surface area contributed by atoms with E-state index in [-0.39, 0.29) is 12.4 Å². The highest BCUT2D eigenvalue weighted by Gasteiger charge is 2.02. The summed E-state index contributed by atoms with van der Waals surface area (Å²) in [6, 6.07) is 5.85. The lowest BCUT2D eigenvalue weighted by Crippen LogP contribution is -1.93. The molecule has 2 N–H and O–H groups in total. The molecule has 0 fully saturated rings. The van der Waals surface area contributed by atoms with E-state index in [9.17, 15) is 0 Å². The lowest BCUT2D eigenvalue weighted by atomic mass is 10.3. The number of benzene rings is 1. The van der Waals surface area contributed by atoms with Gasteiger partial charge in [-0.3, -0.25) is 0 Å². The first-order chi connectivity index (χ1) is 6.79. The maximum atomic E-state index is 5.61. The number of nitrogen functional groups attached to an aromatic ring is 1. The molecule has 2 aromatic rings. The van der Waals surface area contributed by atoms with Gasteiger partial charge in [-0.25, -0.2) is 4.98 Å². The number of fused-ring (bicyclic) bond motifs is 1. The maximum Gasteiger partial charge on any atom is 0.181 e. The molecule has 0 bridgehead atoms. The Morgan fingerprint density at radius 3 is 3.00 bits per heavy atom. The predicted molar refractivity (Wildman–Crippen MR) is 67.1 cm³/mol. The van der Waals surface area contributed by atoms with E-state index in [0.29, 0.717) is 5.13 Å².